The molecule has 11 atom stereocenters. The Kier molecular flexibility index (Phi) is 5.99. The van der Waals surface area contributed by atoms with Gasteiger partial charge in [0.15, 0.2) is 5.78 Å². The standard InChI is InChI=1S/C42H51NO4S/c1-37(2)27-10-9-26(29(37)20-27)23-43-24-41(47-36(43)46)16-13-34-39(41,4)15-12-33-38(3)14-11-28(44)21-40(38)17-18-42(33,34)30(22-40)35(45)32-19-25-7-5-6-8-31(25)48-32/h5-8,17-19,22,26-29,33-34,44H,9-16,20-21,23-24H2,1-4H3. The van der Waals surface area contributed by atoms with Crippen LogP contribution in [0.3, 0.4) is 0 Å². The highest BCUT2D eigenvalue weighted by molar-refractivity contribution is 7.21. The molecule has 12 rings (SSSR count). The number of hydrogen-bond donors (Lipinski definition) is 1. The number of allylic oxidation sites excluding steroid dienone is 4. The molecule has 7 fully saturated rings. The molecule has 6 saturated carbocycles. The zero-order valence-corrected chi connectivity index (χ0v) is 29.9. The van der Waals surface area contributed by atoms with E-state index in [0.29, 0.717) is 36.1 Å². The summed E-state index contributed by atoms with van der Waals surface area (Å²) in [6, 6.07) is 10.4. The zero-order chi connectivity index (χ0) is 33.1. The van der Waals surface area contributed by atoms with Gasteiger partial charge < -0.3 is 14.7 Å². The molecule has 1 aromatic heterocycles. The van der Waals surface area contributed by atoms with Crippen LogP contribution in [-0.2, 0) is 4.74 Å². The Labute approximate surface area is 289 Å². The average molecular weight is 666 g/mol. The Balaban J connectivity index is 1.04. The molecule has 48 heavy (non-hydrogen) atoms. The van der Waals surface area contributed by atoms with E-state index in [2.05, 4.69) is 75.1 Å². The number of carbonyl (C=O) groups is 2. The highest BCUT2D eigenvalue weighted by atomic mass is 32.1. The van der Waals surface area contributed by atoms with Crippen molar-refractivity contribution in [3.63, 3.8) is 0 Å². The minimum atomic E-state index is -0.518. The smallest absolute Gasteiger partial charge is 0.410 e. The molecule has 11 unspecified atom stereocenters. The molecule has 1 aliphatic heterocycles. The Hall–Kier alpha value is -2.44. The Bertz CT molecular complexity index is 1790. The van der Waals surface area contributed by atoms with Crippen LogP contribution in [0.25, 0.3) is 10.1 Å². The van der Waals surface area contributed by atoms with E-state index >= 15 is 4.79 Å². The third-order valence-corrected chi connectivity index (χ3v) is 18.1. The molecule has 0 radical (unpaired) electrons. The first kappa shape index (κ1) is 30.4. The first-order chi connectivity index (χ1) is 22.9. The number of nitrogens with zero attached hydrogens (tertiary/aromatic N) is 1. The Morgan fingerprint density at radius 2 is 1.75 bits per heavy atom. The molecule has 254 valence electrons. The van der Waals surface area contributed by atoms with E-state index in [0.717, 1.165) is 71.5 Å². The monoisotopic (exact) mass is 665 g/mol. The third kappa shape index (κ3) is 3.48. The van der Waals surface area contributed by atoms with Crippen molar-refractivity contribution in [1.82, 2.24) is 4.90 Å². The van der Waals surface area contributed by atoms with Crippen molar-refractivity contribution in [3.05, 3.63) is 59.0 Å². The van der Waals surface area contributed by atoms with Gasteiger partial charge in [0, 0.05) is 33.1 Å². The summed E-state index contributed by atoms with van der Waals surface area (Å²) in [6.07, 6.45) is 17.0. The second-order valence-corrected chi connectivity index (χ2v) is 19.8. The zero-order valence-electron chi connectivity index (χ0n) is 29.1. The van der Waals surface area contributed by atoms with Crippen LogP contribution in [0.2, 0.25) is 0 Å². The van der Waals surface area contributed by atoms with E-state index in [1.165, 1.54) is 19.3 Å². The highest BCUT2D eigenvalue weighted by Gasteiger charge is 2.76. The fourth-order valence-electron chi connectivity index (χ4n) is 14.2. The maximum absolute atomic E-state index is 15.0. The predicted molar refractivity (Wildman–Crippen MR) is 189 cm³/mol. The number of amides is 1. The normalized spacial score (nSPS) is 47.7. The number of rotatable bonds is 4. The molecule has 1 aromatic carbocycles. The third-order valence-electron chi connectivity index (χ3n) is 17.0. The van der Waals surface area contributed by atoms with Crippen LogP contribution in [0.1, 0.15) is 102 Å². The fraction of sp³-hybridized carbons (Fsp3) is 0.667. The lowest BCUT2D eigenvalue weighted by Crippen LogP contribution is -2.67. The molecule has 2 aromatic rings. The summed E-state index contributed by atoms with van der Waals surface area (Å²) in [4.78, 5) is 31.8. The molecule has 1 saturated heterocycles. The number of ether oxygens (including phenoxy) is 1. The van der Waals surface area contributed by atoms with Crippen molar-refractivity contribution in [2.45, 2.75) is 104 Å². The number of benzene rings is 1. The number of Topliss-reactive ketones (excluding diaryl/α,β-unsaturated/α-hetero) is 1. The van der Waals surface area contributed by atoms with Crippen molar-refractivity contribution >= 4 is 33.3 Å². The van der Waals surface area contributed by atoms with Crippen molar-refractivity contribution in [2.75, 3.05) is 13.1 Å². The van der Waals surface area contributed by atoms with Gasteiger partial charge in [-0.1, -0.05) is 64.1 Å². The average Bonchev–Trinajstić information content (AvgIpc) is 3.73. The summed E-state index contributed by atoms with van der Waals surface area (Å²) in [5.41, 5.74) is -0.126. The van der Waals surface area contributed by atoms with Crippen LogP contribution in [0.5, 0.6) is 0 Å². The van der Waals surface area contributed by atoms with Crippen molar-refractivity contribution in [1.29, 1.82) is 0 Å². The minimum absolute atomic E-state index is 0.0190. The van der Waals surface area contributed by atoms with Crippen LogP contribution < -0.4 is 0 Å². The number of aliphatic hydroxyl groups is 1. The lowest BCUT2D eigenvalue weighted by atomic mass is 9.32. The first-order valence-corrected chi connectivity index (χ1v) is 19.8. The van der Waals surface area contributed by atoms with Gasteiger partial charge in [0.05, 0.1) is 17.5 Å². The topological polar surface area (TPSA) is 66.8 Å². The lowest BCUT2D eigenvalue weighted by Gasteiger charge is -2.71. The van der Waals surface area contributed by atoms with E-state index in [-0.39, 0.29) is 40.1 Å². The lowest BCUT2D eigenvalue weighted by molar-refractivity contribution is -0.164. The van der Waals surface area contributed by atoms with Crippen molar-refractivity contribution in [2.24, 2.45) is 56.7 Å². The SMILES string of the molecule is CC1(C)C2CCC(CN3CC4(CCC5C67C=CC8(C=C6C(=O)c6cc9ccccc9s6)CC(O)CCC8(C)C7CCC54C)OC3=O)C1C2. The van der Waals surface area contributed by atoms with Crippen LogP contribution >= 0.6 is 11.3 Å². The first-order valence-electron chi connectivity index (χ1n) is 19.0. The van der Waals surface area contributed by atoms with E-state index in [9.17, 15) is 9.90 Å². The molecular weight excluding hydrogens is 615 g/mol. The van der Waals surface area contributed by atoms with E-state index in [4.69, 9.17) is 4.74 Å². The summed E-state index contributed by atoms with van der Waals surface area (Å²) in [7, 11) is 0. The Morgan fingerprint density at radius 1 is 0.979 bits per heavy atom. The molecule has 5 nitrogen and oxygen atoms in total. The van der Waals surface area contributed by atoms with Crippen LogP contribution in [0.4, 0.5) is 4.79 Å². The number of fused-ring (bicyclic) bond motifs is 5. The van der Waals surface area contributed by atoms with Crippen LogP contribution in [-0.4, -0.2) is 46.7 Å². The predicted octanol–water partition coefficient (Wildman–Crippen LogP) is 9.21. The van der Waals surface area contributed by atoms with Gasteiger partial charge in [-0.3, -0.25) is 4.79 Å². The maximum Gasteiger partial charge on any atom is 0.410 e. The quantitative estimate of drug-likeness (QED) is 0.261. The van der Waals surface area contributed by atoms with E-state index < -0.39 is 11.0 Å². The largest absolute Gasteiger partial charge is 0.440 e. The number of carbonyl (C=O) groups excluding carboxylic acids is 2. The molecule has 6 heteroatoms. The van der Waals surface area contributed by atoms with Gasteiger partial charge in [-0.2, -0.15) is 0 Å². The fourth-order valence-corrected chi connectivity index (χ4v) is 15.2. The number of aliphatic hydroxyl groups excluding tert-OH is 1. The van der Waals surface area contributed by atoms with Gasteiger partial charge >= 0.3 is 6.09 Å². The molecule has 3 spiro atoms. The summed E-state index contributed by atoms with van der Waals surface area (Å²) < 4.78 is 7.86. The van der Waals surface area contributed by atoms with Crippen LogP contribution in [0.15, 0.2) is 54.1 Å². The van der Waals surface area contributed by atoms with Gasteiger partial charge in [-0.05, 0) is 122 Å². The molecule has 10 aliphatic rings. The van der Waals surface area contributed by atoms with Gasteiger partial charge in [-0.15, -0.1) is 11.3 Å². The van der Waals surface area contributed by atoms with Crippen LogP contribution in [0, 0.1) is 56.7 Å². The molecule has 1 amide bonds. The minimum Gasteiger partial charge on any atom is -0.440 e. The highest BCUT2D eigenvalue weighted by Crippen LogP contribution is 2.79. The molecular formula is C42H51NO4S. The van der Waals surface area contributed by atoms with Crippen molar-refractivity contribution < 1.29 is 19.4 Å². The summed E-state index contributed by atoms with van der Waals surface area (Å²) in [5, 5.41) is 12.2. The van der Waals surface area contributed by atoms with Gasteiger partial charge in [0.1, 0.15) is 5.60 Å². The second-order valence-electron chi connectivity index (χ2n) is 18.7. The second kappa shape index (κ2) is 9.46. The number of hydrogen-bond acceptors (Lipinski definition) is 5. The maximum atomic E-state index is 15.0. The summed E-state index contributed by atoms with van der Waals surface area (Å²) in [6.45, 7) is 11.3. The Morgan fingerprint density at radius 3 is 2.54 bits per heavy atom. The van der Waals surface area contributed by atoms with Gasteiger partial charge in [0.25, 0.3) is 0 Å². The summed E-state index contributed by atoms with van der Waals surface area (Å²) in [5.74, 6) is 2.82. The molecule has 1 N–H and O–H groups in total. The number of ketones is 1. The molecule has 2 heterocycles. The van der Waals surface area contributed by atoms with Crippen molar-refractivity contribution in [3.8, 4) is 0 Å². The molecule has 9 aliphatic carbocycles. The summed E-state index contributed by atoms with van der Waals surface area (Å²) >= 11 is 1.61. The van der Waals surface area contributed by atoms with E-state index in [1.807, 2.05) is 6.07 Å². The number of thiophene rings is 1. The van der Waals surface area contributed by atoms with E-state index in [1.54, 1.807) is 11.3 Å². The molecule has 4 bridgehead atoms. The van der Waals surface area contributed by atoms with Gasteiger partial charge in [0.2, 0.25) is 0 Å². The van der Waals surface area contributed by atoms with Gasteiger partial charge in [-0.25, -0.2) is 4.79 Å².